The van der Waals surface area contributed by atoms with Crippen LogP contribution in [0.25, 0.3) is 0 Å². The molecule has 32 heavy (non-hydrogen) atoms. The van der Waals surface area contributed by atoms with Gasteiger partial charge in [-0.1, -0.05) is 72.8 Å². The molecule has 0 spiro atoms. The molecule has 0 radical (unpaired) electrons. The molecule has 4 rings (SSSR count). The van der Waals surface area contributed by atoms with Crippen molar-refractivity contribution in [2.75, 3.05) is 0 Å². The van der Waals surface area contributed by atoms with Crippen LogP contribution in [0.5, 0.6) is 5.75 Å². The van der Waals surface area contributed by atoms with Crippen molar-refractivity contribution in [2.45, 2.75) is 25.4 Å². The summed E-state index contributed by atoms with van der Waals surface area (Å²) in [6, 6.07) is 27.7. The number of nitrogens with zero attached hydrogens (tertiary/aromatic N) is 1. The Balaban J connectivity index is 1.38. The highest BCUT2D eigenvalue weighted by Crippen LogP contribution is 2.29. The zero-order valence-corrected chi connectivity index (χ0v) is 17.1. The number of hydrogen-bond donors (Lipinski definition) is 2. The van der Waals surface area contributed by atoms with Crippen molar-refractivity contribution >= 4 is 0 Å². The molecular formula is C25H22F3N3O. The molecule has 0 aliphatic heterocycles. The van der Waals surface area contributed by atoms with Gasteiger partial charge in [0.25, 0.3) is 0 Å². The van der Waals surface area contributed by atoms with Crippen LogP contribution < -0.4 is 10.1 Å². The Morgan fingerprint density at radius 2 is 1.41 bits per heavy atom. The van der Waals surface area contributed by atoms with Gasteiger partial charge in [0, 0.05) is 12.7 Å². The maximum Gasteiger partial charge on any atom is 0.434 e. The number of ether oxygens (including phenoxy) is 1. The molecule has 0 aliphatic rings. The van der Waals surface area contributed by atoms with Gasteiger partial charge in [-0.05, 0) is 28.8 Å². The van der Waals surface area contributed by atoms with Gasteiger partial charge in [0.15, 0.2) is 5.69 Å². The van der Waals surface area contributed by atoms with E-state index in [-0.39, 0.29) is 18.5 Å². The molecule has 0 amide bonds. The molecule has 4 nitrogen and oxygen atoms in total. The van der Waals surface area contributed by atoms with Crippen molar-refractivity contribution < 1.29 is 17.9 Å². The lowest BCUT2D eigenvalue weighted by Gasteiger charge is -2.20. The lowest BCUT2D eigenvalue weighted by atomic mass is 10.0. The van der Waals surface area contributed by atoms with Crippen LogP contribution in [0.2, 0.25) is 0 Å². The second-order valence-electron chi connectivity index (χ2n) is 7.30. The van der Waals surface area contributed by atoms with Gasteiger partial charge < -0.3 is 15.0 Å². The van der Waals surface area contributed by atoms with E-state index in [9.17, 15) is 13.2 Å². The predicted molar refractivity (Wildman–Crippen MR) is 116 cm³/mol. The van der Waals surface area contributed by atoms with Crippen molar-refractivity contribution in [3.8, 4) is 5.75 Å². The molecule has 0 fully saturated rings. The highest BCUT2D eigenvalue weighted by Gasteiger charge is 2.33. The standard InChI is InChI=1S/C25H22F3N3O/c26-25(27,28)22-16-30-23(31-22)17-29-15-18-11-13-21(14-12-18)32-24(19-7-3-1-4-8-19)20-9-5-2-6-10-20/h1-14,16,24,29H,15,17H2,(H,30,31). The summed E-state index contributed by atoms with van der Waals surface area (Å²) in [6.45, 7) is 0.696. The lowest BCUT2D eigenvalue weighted by Crippen LogP contribution is -2.14. The largest absolute Gasteiger partial charge is 0.481 e. The molecule has 4 aromatic rings. The Morgan fingerprint density at radius 3 is 1.94 bits per heavy atom. The lowest BCUT2D eigenvalue weighted by molar-refractivity contribution is -0.140. The number of imidazole rings is 1. The fourth-order valence-corrected chi connectivity index (χ4v) is 3.33. The first-order valence-electron chi connectivity index (χ1n) is 10.2. The summed E-state index contributed by atoms with van der Waals surface area (Å²) in [5.74, 6) is 0.971. The molecular weight excluding hydrogens is 415 g/mol. The van der Waals surface area contributed by atoms with Crippen LogP contribution in [0.4, 0.5) is 13.2 Å². The molecule has 0 saturated carbocycles. The number of halogens is 3. The summed E-state index contributed by atoms with van der Waals surface area (Å²) in [5.41, 5.74) is 2.18. The summed E-state index contributed by atoms with van der Waals surface area (Å²) >= 11 is 0. The van der Waals surface area contributed by atoms with E-state index in [1.807, 2.05) is 84.9 Å². The normalized spacial score (nSPS) is 11.6. The van der Waals surface area contributed by atoms with E-state index in [0.29, 0.717) is 6.54 Å². The smallest absolute Gasteiger partial charge is 0.434 e. The van der Waals surface area contributed by atoms with Gasteiger partial charge in [-0.3, -0.25) is 0 Å². The van der Waals surface area contributed by atoms with E-state index < -0.39 is 11.9 Å². The summed E-state index contributed by atoms with van der Waals surface area (Å²) in [4.78, 5) is 6.10. The van der Waals surface area contributed by atoms with Crippen molar-refractivity contribution in [2.24, 2.45) is 0 Å². The fraction of sp³-hybridized carbons (Fsp3) is 0.160. The third kappa shape index (κ3) is 5.56. The number of alkyl halides is 3. The number of benzene rings is 3. The second kappa shape index (κ2) is 9.70. The SMILES string of the molecule is FC(F)(F)c1c[nH]c(CNCc2ccc(OC(c3ccccc3)c3ccccc3)cc2)n1. The van der Waals surface area contributed by atoms with Gasteiger partial charge >= 0.3 is 6.18 Å². The van der Waals surface area contributed by atoms with Gasteiger partial charge in [-0.15, -0.1) is 0 Å². The first-order chi connectivity index (χ1) is 15.5. The van der Waals surface area contributed by atoms with Gasteiger partial charge in [-0.2, -0.15) is 13.2 Å². The molecule has 2 N–H and O–H groups in total. The summed E-state index contributed by atoms with van der Waals surface area (Å²) in [6.07, 6.45) is -3.80. The molecule has 0 aliphatic carbocycles. The Hall–Kier alpha value is -3.58. The maximum absolute atomic E-state index is 12.6. The minimum absolute atomic E-state index is 0.207. The average Bonchev–Trinajstić information content (AvgIpc) is 3.29. The van der Waals surface area contributed by atoms with Crippen LogP contribution in [0.1, 0.15) is 34.3 Å². The fourth-order valence-electron chi connectivity index (χ4n) is 3.33. The topological polar surface area (TPSA) is 49.9 Å². The number of rotatable bonds is 8. The van der Waals surface area contributed by atoms with Crippen molar-refractivity contribution in [1.29, 1.82) is 0 Å². The number of aromatic amines is 1. The molecule has 7 heteroatoms. The molecule has 164 valence electrons. The summed E-state index contributed by atoms with van der Waals surface area (Å²) < 4.78 is 44.2. The zero-order valence-electron chi connectivity index (χ0n) is 17.1. The molecule has 0 bridgehead atoms. The van der Waals surface area contributed by atoms with Gasteiger partial charge in [-0.25, -0.2) is 4.98 Å². The van der Waals surface area contributed by atoms with Crippen LogP contribution in [-0.2, 0) is 19.3 Å². The summed E-state index contributed by atoms with van der Waals surface area (Å²) in [7, 11) is 0. The highest BCUT2D eigenvalue weighted by molar-refractivity contribution is 5.34. The minimum Gasteiger partial charge on any atom is -0.481 e. The molecule has 1 heterocycles. The third-order valence-corrected chi connectivity index (χ3v) is 4.92. The first kappa shape index (κ1) is 21.6. The Bertz CT molecular complexity index is 1070. The number of aromatic nitrogens is 2. The van der Waals surface area contributed by atoms with E-state index in [1.165, 1.54) is 0 Å². The van der Waals surface area contributed by atoms with E-state index in [1.54, 1.807) is 0 Å². The minimum atomic E-state index is -4.44. The van der Waals surface area contributed by atoms with Crippen molar-refractivity contribution in [3.05, 3.63) is 119 Å². The second-order valence-corrected chi connectivity index (χ2v) is 7.30. The third-order valence-electron chi connectivity index (χ3n) is 4.92. The Kier molecular flexibility index (Phi) is 6.56. The quantitative estimate of drug-likeness (QED) is 0.362. The monoisotopic (exact) mass is 437 g/mol. The van der Waals surface area contributed by atoms with Gasteiger partial charge in [0.2, 0.25) is 0 Å². The average molecular weight is 437 g/mol. The molecule has 0 atom stereocenters. The van der Waals surface area contributed by atoms with E-state index in [2.05, 4.69) is 15.3 Å². The number of H-pyrrole nitrogens is 1. The Morgan fingerprint density at radius 1 is 0.812 bits per heavy atom. The van der Waals surface area contributed by atoms with Crippen LogP contribution in [-0.4, -0.2) is 9.97 Å². The highest BCUT2D eigenvalue weighted by atomic mass is 19.4. The van der Waals surface area contributed by atoms with Gasteiger partial charge in [0.1, 0.15) is 17.7 Å². The predicted octanol–water partition coefficient (Wildman–Crippen LogP) is 5.89. The van der Waals surface area contributed by atoms with E-state index >= 15 is 0 Å². The van der Waals surface area contributed by atoms with Crippen molar-refractivity contribution in [3.63, 3.8) is 0 Å². The maximum atomic E-state index is 12.6. The zero-order chi connectivity index (χ0) is 22.4. The molecule has 0 unspecified atom stereocenters. The van der Waals surface area contributed by atoms with Crippen LogP contribution in [0.3, 0.4) is 0 Å². The van der Waals surface area contributed by atoms with Crippen LogP contribution in [0.15, 0.2) is 91.1 Å². The number of nitrogens with one attached hydrogen (secondary N) is 2. The molecule has 1 aromatic heterocycles. The van der Waals surface area contributed by atoms with Crippen molar-refractivity contribution in [1.82, 2.24) is 15.3 Å². The number of hydrogen-bond acceptors (Lipinski definition) is 3. The van der Waals surface area contributed by atoms with E-state index in [4.69, 9.17) is 4.74 Å². The molecule has 3 aromatic carbocycles. The van der Waals surface area contributed by atoms with Gasteiger partial charge in [0.05, 0.1) is 6.54 Å². The van der Waals surface area contributed by atoms with E-state index in [0.717, 1.165) is 28.6 Å². The van der Waals surface area contributed by atoms with Crippen LogP contribution in [0, 0.1) is 0 Å². The summed E-state index contributed by atoms with van der Waals surface area (Å²) in [5, 5.41) is 3.09. The molecule has 0 saturated heterocycles. The van der Waals surface area contributed by atoms with Crippen LogP contribution >= 0.6 is 0 Å². The first-order valence-corrected chi connectivity index (χ1v) is 10.2. The Labute approximate surface area is 184 Å².